The summed E-state index contributed by atoms with van der Waals surface area (Å²) in [7, 11) is 3.18. The first-order valence-electron chi connectivity index (χ1n) is 6.54. The van der Waals surface area contributed by atoms with Crippen LogP contribution in [0.25, 0.3) is 0 Å². The highest BCUT2D eigenvalue weighted by Crippen LogP contribution is 2.25. The Morgan fingerprint density at radius 3 is 2.53 bits per heavy atom. The van der Waals surface area contributed by atoms with Crippen molar-refractivity contribution in [1.82, 2.24) is 5.32 Å². The first-order chi connectivity index (χ1) is 8.17. The Hall–Kier alpha value is -0.610. The molecule has 17 heavy (non-hydrogen) atoms. The molecule has 0 aromatic carbocycles. The molecule has 1 aliphatic carbocycles. The molecule has 4 nitrogen and oxygen atoms in total. The number of rotatable bonds is 6. The molecule has 4 heteroatoms. The predicted molar refractivity (Wildman–Crippen MR) is 66.9 cm³/mol. The molecule has 1 N–H and O–H groups in total. The zero-order chi connectivity index (χ0) is 12.7. The standard InChI is InChI=1S/C13H25NO3/c1-10-4-6-11(7-5-10)17-9-8-12(14-2)13(15)16-3/h10-12,14H,4-9H2,1-3H3. The molecule has 1 atom stereocenters. The van der Waals surface area contributed by atoms with Crippen LogP contribution in [-0.4, -0.2) is 38.9 Å². The second kappa shape index (κ2) is 7.67. The number of likely N-dealkylation sites (N-methyl/N-ethyl adjacent to an activating group) is 1. The van der Waals surface area contributed by atoms with Crippen LogP contribution in [0.5, 0.6) is 0 Å². The van der Waals surface area contributed by atoms with Crippen LogP contribution < -0.4 is 5.32 Å². The van der Waals surface area contributed by atoms with E-state index in [4.69, 9.17) is 9.47 Å². The fraction of sp³-hybridized carbons (Fsp3) is 0.923. The van der Waals surface area contributed by atoms with Gasteiger partial charge in [0.1, 0.15) is 6.04 Å². The molecule has 0 aliphatic heterocycles. The smallest absolute Gasteiger partial charge is 0.322 e. The van der Waals surface area contributed by atoms with Gasteiger partial charge >= 0.3 is 5.97 Å². The predicted octanol–water partition coefficient (Wildman–Crippen LogP) is 1.73. The van der Waals surface area contributed by atoms with Crippen molar-refractivity contribution < 1.29 is 14.3 Å². The average Bonchev–Trinajstić information content (AvgIpc) is 2.36. The SMILES string of the molecule is CNC(CCOC1CCC(C)CC1)C(=O)OC. The maximum atomic E-state index is 11.3. The average molecular weight is 243 g/mol. The molecular weight excluding hydrogens is 218 g/mol. The van der Waals surface area contributed by atoms with Crippen LogP contribution in [0.2, 0.25) is 0 Å². The molecule has 0 saturated heterocycles. The number of ether oxygens (including phenoxy) is 2. The fourth-order valence-electron chi connectivity index (χ4n) is 2.27. The highest BCUT2D eigenvalue weighted by atomic mass is 16.5. The molecule has 1 unspecified atom stereocenters. The number of esters is 1. The van der Waals surface area contributed by atoms with Gasteiger partial charge in [-0.3, -0.25) is 4.79 Å². The van der Waals surface area contributed by atoms with Crippen LogP contribution >= 0.6 is 0 Å². The van der Waals surface area contributed by atoms with Gasteiger partial charge in [-0.1, -0.05) is 6.92 Å². The Labute approximate surface area is 104 Å². The molecule has 0 spiro atoms. The molecule has 0 radical (unpaired) electrons. The second-order valence-electron chi connectivity index (χ2n) is 4.91. The first-order valence-corrected chi connectivity index (χ1v) is 6.54. The molecule has 0 heterocycles. The summed E-state index contributed by atoms with van der Waals surface area (Å²) in [5, 5.41) is 2.94. The monoisotopic (exact) mass is 243 g/mol. The molecule has 0 bridgehead atoms. The van der Waals surface area contributed by atoms with Gasteiger partial charge in [-0.25, -0.2) is 0 Å². The van der Waals surface area contributed by atoms with Gasteiger partial charge < -0.3 is 14.8 Å². The Morgan fingerprint density at radius 2 is 2.00 bits per heavy atom. The van der Waals surface area contributed by atoms with Crippen LogP contribution in [0.3, 0.4) is 0 Å². The van der Waals surface area contributed by atoms with Crippen molar-refractivity contribution in [2.24, 2.45) is 5.92 Å². The molecule has 1 saturated carbocycles. The van der Waals surface area contributed by atoms with E-state index in [9.17, 15) is 4.79 Å². The van der Waals surface area contributed by atoms with Crippen molar-refractivity contribution in [3.63, 3.8) is 0 Å². The lowest BCUT2D eigenvalue weighted by Gasteiger charge is -2.26. The molecule has 0 amide bonds. The summed E-state index contributed by atoms with van der Waals surface area (Å²) in [5.41, 5.74) is 0. The number of nitrogens with one attached hydrogen (secondary N) is 1. The highest BCUT2D eigenvalue weighted by Gasteiger charge is 2.20. The van der Waals surface area contributed by atoms with Gasteiger partial charge in [-0.15, -0.1) is 0 Å². The minimum absolute atomic E-state index is 0.214. The number of carbonyl (C=O) groups is 1. The van der Waals surface area contributed by atoms with E-state index in [-0.39, 0.29) is 12.0 Å². The van der Waals surface area contributed by atoms with E-state index in [0.29, 0.717) is 19.1 Å². The van der Waals surface area contributed by atoms with E-state index < -0.39 is 0 Å². The van der Waals surface area contributed by atoms with Crippen molar-refractivity contribution >= 4 is 5.97 Å². The third kappa shape index (κ3) is 5.04. The quantitative estimate of drug-likeness (QED) is 0.722. The third-order valence-electron chi connectivity index (χ3n) is 3.56. The fourth-order valence-corrected chi connectivity index (χ4v) is 2.27. The third-order valence-corrected chi connectivity index (χ3v) is 3.56. The van der Waals surface area contributed by atoms with E-state index in [1.165, 1.54) is 20.0 Å². The van der Waals surface area contributed by atoms with Crippen LogP contribution in [0, 0.1) is 5.92 Å². The van der Waals surface area contributed by atoms with Crippen molar-refractivity contribution in [2.75, 3.05) is 20.8 Å². The van der Waals surface area contributed by atoms with E-state index in [1.54, 1.807) is 7.05 Å². The maximum absolute atomic E-state index is 11.3. The number of carbonyl (C=O) groups excluding carboxylic acids is 1. The van der Waals surface area contributed by atoms with Crippen LogP contribution in [0.1, 0.15) is 39.0 Å². The minimum Gasteiger partial charge on any atom is -0.468 e. The summed E-state index contributed by atoms with van der Waals surface area (Å²) >= 11 is 0. The lowest BCUT2D eigenvalue weighted by atomic mass is 9.89. The number of hydrogen-bond donors (Lipinski definition) is 1. The van der Waals surface area contributed by atoms with Gasteiger partial charge in [0.15, 0.2) is 0 Å². The van der Waals surface area contributed by atoms with E-state index in [2.05, 4.69) is 12.2 Å². The zero-order valence-electron chi connectivity index (χ0n) is 11.2. The topological polar surface area (TPSA) is 47.6 Å². The van der Waals surface area contributed by atoms with Crippen molar-refractivity contribution in [1.29, 1.82) is 0 Å². The summed E-state index contributed by atoms with van der Waals surface area (Å²) in [5.74, 6) is 0.628. The van der Waals surface area contributed by atoms with Crippen molar-refractivity contribution in [3.05, 3.63) is 0 Å². The molecule has 0 aromatic rings. The normalized spacial score (nSPS) is 26.5. The Morgan fingerprint density at radius 1 is 1.35 bits per heavy atom. The summed E-state index contributed by atoms with van der Waals surface area (Å²) in [6.07, 6.45) is 5.90. The minimum atomic E-state index is -0.248. The van der Waals surface area contributed by atoms with Gasteiger partial charge in [-0.05, 0) is 45.1 Å². The van der Waals surface area contributed by atoms with E-state index >= 15 is 0 Å². The van der Waals surface area contributed by atoms with Crippen LogP contribution in [0.15, 0.2) is 0 Å². The molecular formula is C13H25NO3. The number of methoxy groups -OCH3 is 1. The Bertz CT molecular complexity index is 225. The molecule has 0 aromatic heterocycles. The molecule has 1 fully saturated rings. The zero-order valence-corrected chi connectivity index (χ0v) is 11.2. The summed E-state index contributed by atoms with van der Waals surface area (Å²) in [6, 6.07) is -0.248. The Balaban J connectivity index is 2.16. The van der Waals surface area contributed by atoms with Crippen LogP contribution in [-0.2, 0) is 14.3 Å². The lowest BCUT2D eigenvalue weighted by Crippen LogP contribution is -2.36. The largest absolute Gasteiger partial charge is 0.468 e. The Kier molecular flexibility index (Phi) is 6.52. The van der Waals surface area contributed by atoms with Gasteiger partial charge in [0.2, 0.25) is 0 Å². The van der Waals surface area contributed by atoms with E-state index in [0.717, 1.165) is 18.8 Å². The maximum Gasteiger partial charge on any atom is 0.322 e. The second-order valence-corrected chi connectivity index (χ2v) is 4.91. The number of hydrogen-bond acceptors (Lipinski definition) is 4. The van der Waals surface area contributed by atoms with Gasteiger partial charge in [0.05, 0.1) is 13.2 Å². The van der Waals surface area contributed by atoms with Gasteiger partial charge in [0.25, 0.3) is 0 Å². The molecule has 1 aliphatic rings. The summed E-state index contributed by atoms with van der Waals surface area (Å²) < 4.78 is 10.5. The molecule has 100 valence electrons. The van der Waals surface area contributed by atoms with Gasteiger partial charge in [-0.2, -0.15) is 0 Å². The van der Waals surface area contributed by atoms with E-state index in [1.807, 2.05) is 0 Å². The lowest BCUT2D eigenvalue weighted by molar-refractivity contribution is -0.143. The highest BCUT2D eigenvalue weighted by molar-refractivity contribution is 5.75. The summed E-state index contributed by atoms with van der Waals surface area (Å²) in [4.78, 5) is 11.3. The van der Waals surface area contributed by atoms with Crippen molar-refractivity contribution in [2.45, 2.75) is 51.2 Å². The van der Waals surface area contributed by atoms with Gasteiger partial charge in [0, 0.05) is 6.61 Å². The van der Waals surface area contributed by atoms with Crippen LogP contribution in [0.4, 0.5) is 0 Å². The van der Waals surface area contributed by atoms with Crippen molar-refractivity contribution in [3.8, 4) is 0 Å². The first kappa shape index (κ1) is 14.5. The summed E-state index contributed by atoms with van der Waals surface area (Å²) in [6.45, 7) is 2.92. The molecule has 1 rings (SSSR count).